The average molecular weight is 1070 g/mol. The van der Waals surface area contributed by atoms with E-state index in [0.29, 0.717) is 52.0 Å². The molecule has 6 aromatic rings. The van der Waals surface area contributed by atoms with Gasteiger partial charge in [-0.25, -0.2) is 0 Å². The van der Waals surface area contributed by atoms with Gasteiger partial charge < -0.3 is 19.7 Å². The highest BCUT2D eigenvalue weighted by atomic mass is 79.9. The fraction of sp³-hybridized carbons (Fsp3) is 0.387. The number of rotatable bonds is 10. The number of aliphatic imine (C=N–C) groups is 2. The largest absolute Gasteiger partial charge is 0.507 e. The van der Waals surface area contributed by atoms with Crippen molar-refractivity contribution in [2.24, 2.45) is 9.98 Å². The van der Waals surface area contributed by atoms with Crippen LogP contribution in [0.2, 0.25) is 0 Å². The molecule has 8 heteroatoms. The molecule has 0 saturated carbocycles. The third-order valence-electron chi connectivity index (χ3n) is 13.2. The Kier molecular flexibility index (Phi) is 16.0. The van der Waals surface area contributed by atoms with E-state index in [1.165, 1.54) is 0 Å². The zero-order chi connectivity index (χ0) is 50.8. The van der Waals surface area contributed by atoms with Crippen molar-refractivity contribution in [3.8, 4) is 23.0 Å². The van der Waals surface area contributed by atoms with Crippen LogP contribution >= 0.6 is 31.9 Å². The third-order valence-corrected chi connectivity index (χ3v) is 14.2. The fourth-order valence-corrected chi connectivity index (χ4v) is 9.38. The Morgan fingerprint density at radius 1 is 0.414 bits per heavy atom. The van der Waals surface area contributed by atoms with Gasteiger partial charge in [-0.2, -0.15) is 0 Å². The highest BCUT2D eigenvalue weighted by Gasteiger charge is 2.28. The van der Waals surface area contributed by atoms with Gasteiger partial charge >= 0.3 is 0 Å². The molecule has 0 spiro atoms. The van der Waals surface area contributed by atoms with Crippen LogP contribution in [0.3, 0.4) is 0 Å². The highest BCUT2D eigenvalue weighted by molar-refractivity contribution is 9.10. The number of benzene rings is 6. The number of ether oxygens (including phenoxy) is 2. The quantitative estimate of drug-likeness (QED) is 0.106. The lowest BCUT2D eigenvalue weighted by Gasteiger charge is -2.28. The van der Waals surface area contributed by atoms with E-state index in [0.717, 1.165) is 98.3 Å². The van der Waals surface area contributed by atoms with Crippen LogP contribution in [0, 0.1) is 0 Å². The minimum Gasteiger partial charge on any atom is -0.507 e. The molecule has 1 aliphatic carbocycles. The second-order valence-electron chi connectivity index (χ2n) is 23.1. The maximum Gasteiger partial charge on any atom is 0.126 e. The Bertz CT molecular complexity index is 2590. The molecular weight excluding hydrogens is 996 g/mol. The molecule has 0 aliphatic heterocycles. The van der Waals surface area contributed by atoms with Gasteiger partial charge in [0.05, 0.1) is 13.1 Å². The zero-order valence-corrected chi connectivity index (χ0v) is 46.6. The lowest BCUT2D eigenvalue weighted by molar-refractivity contribution is 0.322. The molecule has 0 aromatic heterocycles. The minimum atomic E-state index is -0.210. The van der Waals surface area contributed by atoms with E-state index in [1.54, 1.807) is 0 Å². The fourth-order valence-electron chi connectivity index (χ4n) is 8.86. The maximum atomic E-state index is 12.7. The lowest BCUT2D eigenvalue weighted by atomic mass is 9.79. The monoisotopic (exact) mass is 1070 g/mol. The summed E-state index contributed by atoms with van der Waals surface area (Å²) >= 11 is 7.06. The van der Waals surface area contributed by atoms with Gasteiger partial charge in [0.25, 0.3) is 0 Å². The molecule has 368 valence electrons. The van der Waals surface area contributed by atoms with Gasteiger partial charge in [0.1, 0.15) is 36.2 Å². The van der Waals surface area contributed by atoms with Crippen LogP contribution < -0.4 is 9.47 Å². The van der Waals surface area contributed by atoms with E-state index >= 15 is 0 Å². The summed E-state index contributed by atoms with van der Waals surface area (Å²) in [5.74, 6) is 2.08. The Morgan fingerprint density at radius 2 is 0.657 bits per heavy atom. The summed E-state index contributed by atoms with van der Waals surface area (Å²) in [6.07, 6.45) is 5.50. The Balaban J connectivity index is 1.44. The first-order valence-corrected chi connectivity index (χ1v) is 26.2. The van der Waals surface area contributed by atoms with E-state index < -0.39 is 0 Å². The summed E-state index contributed by atoms with van der Waals surface area (Å²) in [6.45, 7) is 28.4. The Hall–Kier alpha value is -5.18. The number of aromatic hydroxyl groups is 2. The first-order valence-electron chi connectivity index (χ1n) is 24.6. The standard InChI is InChI=1S/C62H72Br2N2O4/c1-59(2,3)49-29-41-25-45-33-51(61(7,8)9)35-47(57(45)69-23-21-65-37-39-13-17-53(63)18-14-39)27-43-31-50(60(4,5)6)32-44(56(43)68)28-48-36-52(62(10,11)12)34-46(26-42(30-49)55(41)67)58(48)70-24-22-66-38-40-15-19-54(64)20-16-40/h13-20,29-38,67-68H,21-28H2,1-12H3. The molecule has 70 heavy (non-hydrogen) atoms. The van der Waals surface area contributed by atoms with E-state index in [1.807, 2.05) is 61.0 Å². The van der Waals surface area contributed by atoms with Crippen molar-refractivity contribution < 1.29 is 19.7 Å². The molecular formula is C62H72Br2N2O4. The van der Waals surface area contributed by atoms with Gasteiger partial charge in [0.2, 0.25) is 0 Å². The van der Waals surface area contributed by atoms with Crippen molar-refractivity contribution in [2.45, 2.75) is 130 Å². The van der Waals surface area contributed by atoms with Crippen molar-refractivity contribution in [2.75, 3.05) is 26.3 Å². The predicted molar refractivity (Wildman–Crippen MR) is 299 cm³/mol. The molecule has 0 fully saturated rings. The van der Waals surface area contributed by atoms with Gasteiger partial charge in [0.15, 0.2) is 0 Å². The number of hydrogen-bond donors (Lipinski definition) is 2. The van der Waals surface area contributed by atoms with E-state index in [2.05, 4.69) is 163 Å². The number of nitrogens with zero attached hydrogens (tertiary/aromatic N) is 2. The van der Waals surface area contributed by atoms with E-state index in [4.69, 9.17) is 19.5 Å². The van der Waals surface area contributed by atoms with Crippen LogP contribution in [0.5, 0.6) is 23.0 Å². The summed E-state index contributed by atoms with van der Waals surface area (Å²) in [5, 5.41) is 25.4. The molecule has 0 atom stereocenters. The van der Waals surface area contributed by atoms with Crippen molar-refractivity contribution in [3.63, 3.8) is 0 Å². The molecule has 7 rings (SSSR count). The summed E-state index contributed by atoms with van der Waals surface area (Å²) in [6, 6.07) is 33.9. The van der Waals surface area contributed by atoms with Crippen molar-refractivity contribution in [3.05, 3.63) is 184 Å². The summed E-state index contributed by atoms with van der Waals surface area (Å²) < 4.78 is 15.9. The molecule has 1 aliphatic rings. The SMILES string of the molecule is CC(C)(C)c1cc2c(O)c(c1)Cc1cc(C(C)(C)C)cc(c1OCCN=Cc1ccc(Br)cc1)Cc1cc(C(C)(C)C)cc(c1O)Cc1cc(C(C)(C)C)cc(c1OCCN=Cc1ccc(Br)cc1)C2. The lowest BCUT2D eigenvalue weighted by Crippen LogP contribution is -2.17. The summed E-state index contributed by atoms with van der Waals surface area (Å²) in [5.41, 5.74) is 13.1. The molecule has 0 unspecified atom stereocenters. The third kappa shape index (κ3) is 13.2. The number of phenols is 2. The van der Waals surface area contributed by atoms with Crippen LogP contribution in [0.15, 0.2) is 116 Å². The maximum absolute atomic E-state index is 12.7. The zero-order valence-electron chi connectivity index (χ0n) is 43.4. The molecule has 0 saturated heterocycles. The summed E-state index contributed by atoms with van der Waals surface area (Å²) in [7, 11) is 0. The molecule has 0 heterocycles. The molecule has 8 bridgehead atoms. The van der Waals surface area contributed by atoms with E-state index in [-0.39, 0.29) is 33.2 Å². The second-order valence-corrected chi connectivity index (χ2v) is 24.9. The Morgan fingerprint density at radius 3 is 0.900 bits per heavy atom. The minimum absolute atomic E-state index is 0.201. The molecule has 6 aromatic carbocycles. The number of fused-ring (bicyclic) bond motifs is 8. The van der Waals surface area contributed by atoms with Crippen LogP contribution in [0.1, 0.15) is 161 Å². The van der Waals surface area contributed by atoms with Gasteiger partial charge in [-0.05, 0) is 124 Å². The molecule has 0 radical (unpaired) electrons. The van der Waals surface area contributed by atoms with Crippen LogP contribution in [-0.2, 0) is 47.3 Å². The predicted octanol–water partition coefficient (Wildman–Crippen LogP) is 15.5. The van der Waals surface area contributed by atoms with Crippen LogP contribution in [-0.4, -0.2) is 48.9 Å². The topological polar surface area (TPSA) is 83.6 Å². The van der Waals surface area contributed by atoms with Crippen molar-refractivity contribution in [1.29, 1.82) is 0 Å². The first-order chi connectivity index (χ1) is 32.8. The molecule has 6 nitrogen and oxygen atoms in total. The van der Waals surface area contributed by atoms with Crippen LogP contribution in [0.25, 0.3) is 0 Å². The Labute approximate surface area is 435 Å². The molecule has 0 amide bonds. The average Bonchev–Trinajstić information content (AvgIpc) is 3.26. The number of halogens is 2. The van der Waals surface area contributed by atoms with E-state index in [9.17, 15) is 10.2 Å². The number of hydrogen-bond acceptors (Lipinski definition) is 6. The van der Waals surface area contributed by atoms with Gasteiger partial charge in [-0.3, -0.25) is 9.98 Å². The smallest absolute Gasteiger partial charge is 0.126 e. The van der Waals surface area contributed by atoms with Crippen molar-refractivity contribution >= 4 is 44.3 Å². The van der Waals surface area contributed by atoms with Crippen LogP contribution in [0.4, 0.5) is 0 Å². The second kappa shape index (κ2) is 21.3. The van der Waals surface area contributed by atoms with Gasteiger partial charge in [0, 0.05) is 47.1 Å². The number of phenolic OH excluding ortho intramolecular Hbond substituents is 2. The van der Waals surface area contributed by atoms with Gasteiger partial charge in [-0.15, -0.1) is 0 Å². The first kappa shape index (κ1) is 52.6. The normalized spacial score (nSPS) is 13.6. The summed E-state index contributed by atoms with van der Waals surface area (Å²) in [4.78, 5) is 9.51. The highest BCUT2D eigenvalue weighted by Crippen LogP contribution is 2.44. The van der Waals surface area contributed by atoms with Gasteiger partial charge in [-0.1, -0.05) is 188 Å². The molecule has 2 N–H and O–H groups in total. The van der Waals surface area contributed by atoms with Crippen molar-refractivity contribution in [1.82, 2.24) is 0 Å².